The maximum Gasteiger partial charge on any atom is 0.337 e. The number of esters is 1. The number of carbonyl (C=O) groups is 2. The number of aromatic nitrogens is 2. The molecular weight excluding hydrogens is 434 g/mol. The Morgan fingerprint density at radius 2 is 1.68 bits per heavy atom. The van der Waals surface area contributed by atoms with Gasteiger partial charge in [-0.25, -0.2) is 9.78 Å². The number of benzene rings is 3. The topological polar surface area (TPSA) is 103 Å². The third-order valence-electron chi connectivity index (χ3n) is 5.29. The van der Waals surface area contributed by atoms with Gasteiger partial charge in [0.25, 0.3) is 5.91 Å². The number of amides is 1. The van der Waals surface area contributed by atoms with Crippen LogP contribution in [-0.2, 0) is 17.8 Å². The van der Waals surface area contributed by atoms with Gasteiger partial charge in [-0.05, 0) is 48.5 Å². The molecule has 0 saturated carbocycles. The summed E-state index contributed by atoms with van der Waals surface area (Å²) in [5.74, 6) is 0.536. The van der Waals surface area contributed by atoms with Crippen LogP contribution in [0.3, 0.4) is 0 Å². The summed E-state index contributed by atoms with van der Waals surface area (Å²) >= 11 is 0. The lowest BCUT2D eigenvalue weighted by atomic mass is 10.2. The second-order valence-electron chi connectivity index (χ2n) is 7.66. The summed E-state index contributed by atoms with van der Waals surface area (Å²) in [6.07, 6.45) is -0.832. The molecule has 1 aromatic heterocycles. The fourth-order valence-corrected chi connectivity index (χ4v) is 3.58. The molecule has 0 spiro atoms. The zero-order valence-corrected chi connectivity index (χ0v) is 18.7. The standard InChI is InChI=1S/C26H25N3O5/c1-33-26(32)19-11-13-21(14-12-19)34-17-20(30)16-29-23-10-6-5-9-22(23)28-24(29)15-27-25(31)18-7-3-2-4-8-18/h2-14,20,30H,15-17H2,1H3,(H,27,31)/t20-/m0/s1. The Hall–Kier alpha value is -4.17. The van der Waals surface area contributed by atoms with Gasteiger partial charge in [0.15, 0.2) is 0 Å². The Morgan fingerprint density at radius 3 is 2.41 bits per heavy atom. The summed E-state index contributed by atoms with van der Waals surface area (Å²) in [7, 11) is 1.32. The van der Waals surface area contributed by atoms with Crippen molar-refractivity contribution in [2.75, 3.05) is 13.7 Å². The van der Waals surface area contributed by atoms with Crippen LogP contribution in [-0.4, -0.2) is 46.4 Å². The molecular formula is C26H25N3O5. The zero-order valence-electron chi connectivity index (χ0n) is 18.7. The number of carbonyl (C=O) groups excluding carboxylic acids is 2. The maximum atomic E-state index is 12.5. The molecule has 0 unspecified atom stereocenters. The minimum absolute atomic E-state index is 0.0416. The zero-order chi connectivity index (χ0) is 23.9. The maximum absolute atomic E-state index is 12.5. The third-order valence-corrected chi connectivity index (χ3v) is 5.29. The predicted octanol–water partition coefficient (Wildman–Crippen LogP) is 3.19. The van der Waals surface area contributed by atoms with Gasteiger partial charge in [-0.1, -0.05) is 30.3 Å². The first-order valence-corrected chi connectivity index (χ1v) is 10.8. The van der Waals surface area contributed by atoms with Crippen LogP contribution in [0.2, 0.25) is 0 Å². The van der Waals surface area contributed by atoms with Crippen molar-refractivity contribution in [3.63, 3.8) is 0 Å². The number of imidazole rings is 1. The molecule has 8 heteroatoms. The van der Waals surface area contributed by atoms with E-state index in [0.717, 1.165) is 11.0 Å². The summed E-state index contributed by atoms with van der Waals surface area (Å²) in [6, 6.07) is 23.1. The van der Waals surface area contributed by atoms with Crippen molar-refractivity contribution >= 4 is 22.9 Å². The summed E-state index contributed by atoms with van der Waals surface area (Å²) in [5, 5.41) is 13.6. The summed E-state index contributed by atoms with van der Waals surface area (Å²) in [6.45, 7) is 0.488. The predicted molar refractivity (Wildman–Crippen MR) is 127 cm³/mol. The lowest BCUT2D eigenvalue weighted by molar-refractivity contribution is 0.0600. The van der Waals surface area contributed by atoms with Crippen LogP contribution in [0.4, 0.5) is 0 Å². The van der Waals surface area contributed by atoms with Crippen LogP contribution in [0.5, 0.6) is 5.75 Å². The molecule has 174 valence electrons. The van der Waals surface area contributed by atoms with E-state index in [0.29, 0.717) is 22.7 Å². The van der Waals surface area contributed by atoms with Gasteiger partial charge >= 0.3 is 5.97 Å². The third kappa shape index (κ3) is 5.41. The van der Waals surface area contributed by atoms with Crippen LogP contribution in [0, 0.1) is 0 Å². The second-order valence-corrected chi connectivity index (χ2v) is 7.66. The van der Waals surface area contributed by atoms with Crippen molar-refractivity contribution < 1.29 is 24.2 Å². The van der Waals surface area contributed by atoms with Gasteiger partial charge in [0.05, 0.1) is 36.8 Å². The Balaban J connectivity index is 1.43. The highest BCUT2D eigenvalue weighted by atomic mass is 16.5. The summed E-state index contributed by atoms with van der Waals surface area (Å²) < 4.78 is 12.3. The van der Waals surface area contributed by atoms with Crippen molar-refractivity contribution in [1.29, 1.82) is 0 Å². The first-order chi connectivity index (χ1) is 16.5. The number of aliphatic hydroxyl groups excluding tert-OH is 1. The molecule has 0 aliphatic carbocycles. The van der Waals surface area contributed by atoms with Crippen LogP contribution in [0.15, 0.2) is 78.9 Å². The number of rotatable bonds is 9. The average Bonchev–Trinajstić information content (AvgIpc) is 3.23. The molecule has 4 aromatic rings. The fraction of sp³-hybridized carbons (Fsp3) is 0.192. The van der Waals surface area contributed by atoms with Crippen molar-refractivity contribution in [3.05, 3.63) is 95.8 Å². The lowest BCUT2D eigenvalue weighted by Crippen LogP contribution is -2.28. The van der Waals surface area contributed by atoms with E-state index < -0.39 is 12.1 Å². The lowest BCUT2D eigenvalue weighted by Gasteiger charge is -2.16. The largest absolute Gasteiger partial charge is 0.491 e. The van der Waals surface area contributed by atoms with Gasteiger partial charge in [0.2, 0.25) is 0 Å². The number of methoxy groups -OCH3 is 1. The molecule has 0 fully saturated rings. The van der Waals surface area contributed by atoms with E-state index in [1.54, 1.807) is 36.4 Å². The number of nitrogens with zero attached hydrogens (tertiary/aromatic N) is 2. The van der Waals surface area contributed by atoms with Crippen LogP contribution < -0.4 is 10.1 Å². The van der Waals surface area contributed by atoms with Crippen molar-refractivity contribution in [3.8, 4) is 5.75 Å². The first kappa shape index (κ1) is 23.0. The molecule has 1 amide bonds. The van der Waals surface area contributed by atoms with Crippen LogP contribution in [0.25, 0.3) is 11.0 Å². The Bertz CT molecular complexity index is 1270. The van der Waals surface area contributed by atoms with Crippen molar-refractivity contribution in [2.24, 2.45) is 0 Å². The molecule has 4 rings (SSSR count). The van der Waals surface area contributed by atoms with Gasteiger partial charge in [-0.2, -0.15) is 0 Å². The number of aliphatic hydroxyl groups is 1. The van der Waals surface area contributed by atoms with Crippen LogP contribution in [0.1, 0.15) is 26.5 Å². The first-order valence-electron chi connectivity index (χ1n) is 10.8. The number of hydrogen-bond acceptors (Lipinski definition) is 6. The van der Waals surface area contributed by atoms with Gasteiger partial charge < -0.3 is 24.5 Å². The number of para-hydroxylation sites is 2. The molecule has 0 aliphatic heterocycles. The van der Waals surface area contributed by atoms with Crippen molar-refractivity contribution in [2.45, 2.75) is 19.2 Å². The van der Waals surface area contributed by atoms with E-state index in [1.165, 1.54) is 7.11 Å². The second kappa shape index (κ2) is 10.6. The van der Waals surface area contributed by atoms with E-state index in [4.69, 9.17) is 4.74 Å². The number of ether oxygens (including phenoxy) is 2. The molecule has 3 aromatic carbocycles. The fourth-order valence-electron chi connectivity index (χ4n) is 3.58. The highest BCUT2D eigenvalue weighted by Gasteiger charge is 2.16. The summed E-state index contributed by atoms with van der Waals surface area (Å²) in [4.78, 5) is 28.6. The van der Waals surface area contributed by atoms with Gasteiger partial charge in [-0.3, -0.25) is 4.79 Å². The van der Waals surface area contributed by atoms with Gasteiger partial charge in [0.1, 0.15) is 24.3 Å². The molecule has 1 heterocycles. The normalized spacial score (nSPS) is 11.7. The average molecular weight is 460 g/mol. The molecule has 1 atom stereocenters. The SMILES string of the molecule is COC(=O)c1ccc(OC[C@@H](O)Cn2c(CNC(=O)c3ccccc3)nc3ccccc32)cc1. The smallest absolute Gasteiger partial charge is 0.337 e. The monoisotopic (exact) mass is 459 g/mol. The Morgan fingerprint density at radius 1 is 0.971 bits per heavy atom. The molecule has 2 N–H and O–H groups in total. The van der Waals surface area contributed by atoms with E-state index in [9.17, 15) is 14.7 Å². The highest BCUT2D eigenvalue weighted by molar-refractivity contribution is 5.94. The van der Waals surface area contributed by atoms with Crippen LogP contribution >= 0.6 is 0 Å². The minimum atomic E-state index is -0.832. The van der Waals surface area contributed by atoms with E-state index >= 15 is 0 Å². The Labute approximate surface area is 196 Å². The van der Waals surface area contributed by atoms with E-state index in [-0.39, 0.29) is 25.6 Å². The Kier molecular flexibility index (Phi) is 7.19. The number of hydrogen-bond donors (Lipinski definition) is 2. The highest BCUT2D eigenvalue weighted by Crippen LogP contribution is 2.18. The molecule has 0 bridgehead atoms. The number of fused-ring (bicyclic) bond motifs is 1. The molecule has 0 saturated heterocycles. The molecule has 0 aliphatic rings. The molecule has 34 heavy (non-hydrogen) atoms. The van der Waals surface area contributed by atoms with Crippen molar-refractivity contribution in [1.82, 2.24) is 14.9 Å². The van der Waals surface area contributed by atoms with Gasteiger partial charge in [-0.15, -0.1) is 0 Å². The number of nitrogens with one attached hydrogen (secondary N) is 1. The van der Waals surface area contributed by atoms with E-state index in [2.05, 4.69) is 15.0 Å². The van der Waals surface area contributed by atoms with Gasteiger partial charge in [0, 0.05) is 5.56 Å². The minimum Gasteiger partial charge on any atom is -0.491 e. The molecule has 8 nitrogen and oxygen atoms in total. The van der Waals surface area contributed by atoms with E-state index in [1.807, 2.05) is 47.0 Å². The quantitative estimate of drug-likeness (QED) is 0.373. The molecule has 0 radical (unpaired) electrons. The summed E-state index contributed by atoms with van der Waals surface area (Å²) in [5.41, 5.74) is 2.62.